The van der Waals surface area contributed by atoms with Crippen LogP contribution in [0.25, 0.3) is 21.2 Å². The summed E-state index contributed by atoms with van der Waals surface area (Å²) in [5, 5.41) is 1.12. The minimum absolute atomic E-state index is 0.609. The van der Waals surface area contributed by atoms with E-state index in [1.165, 1.54) is 35.9 Å². The highest BCUT2D eigenvalue weighted by Crippen LogP contribution is 2.40. The zero-order valence-electron chi connectivity index (χ0n) is 16.1. The molecule has 1 heterocycles. The molecule has 0 amide bonds. The molecule has 5 heteroatoms. The Kier molecular flexibility index (Phi) is 6.78. The predicted octanol–water partition coefficient (Wildman–Crippen LogP) is 7.35. The highest BCUT2D eigenvalue weighted by Gasteiger charge is 2.30. The van der Waals surface area contributed by atoms with Crippen LogP contribution in [0.2, 0.25) is 0 Å². The van der Waals surface area contributed by atoms with Gasteiger partial charge in [-0.3, -0.25) is 0 Å². The highest BCUT2D eigenvalue weighted by atomic mass is 32.1. The van der Waals surface area contributed by atoms with Crippen molar-refractivity contribution in [2.24, 2.45) is 5.73 Å². The minimum Gasteiger partial charge on any atom is -0.330 e. The average Bonchev–Trinajstić information content (AvgIpc) is 2.99. The van der Waals surface area contributed by atoms with E-state index in [0.717, 1.165) is 52.9 Å². The Morgan fingerprint density at radius 3 is 2.25 bits per heavy atom. The molecule has 2 N–H and O–H groups in total. The molecule has 0 saturated carbocycles. The van der Waals surface area contributed by atoms with Gasteiger partial charge in [-0.05, 0) is 62.1 Å². The van der Waals surface area contributed by atoms with Crippen LogP contribution in [0.15, 0.2) is 42.5 Å². The van der Waals surface area contributed by atoms with E-state index >= 15 is 0 Å². The molecular formula is C23H26F3NS. The number of unbranched alkanes of at least 4 members (excludes halogenated alkanes) is 4. The van der Waals surface area contributed by atoms with Gasteiger partial charge in [0.2, 0.25) is 0 Å². The third-order valence-electron chi connectivity index (χ3n) is 5.10. The van der Waals surface area contributed by atoms with Crippen LogP contribution < -0.4 is 5.73 Å². The molecule has 0 radical (unpaired) electrons. The van der Waals surface area contributed by atoms with Crippen molar-refractivity contribution in [2.75, 3.05) is 6.54 Å². The quantitative estimate of drug-likeness (QED) is 0.390. The number of aryl methyl sites for hydroxylation is 2. The summed E-state index contributed by atoms with van der Waals surface area (Å²) in [6.07, 6.45) is 2.69. The van der Waals surface area contributed by atoms with Crippen molar-refractivity contribution < 1.29 is 13.2 Å². The Morgan fingerprint density at radius 1 is 0.893 bits per heavy atom. The molecule has 0 aliphatic carbocycles. The molecule has 0 fully saturated rings. The van der Waals surface area contributed by atoms with E-state index in [-0.39, 0.29) is 0 Å². The van der Waals surface area contributed by atoms with Crippen LogP contribution in [0.1, 0.15) is 48.1 Å². The lowest BCUT2D eigenvalue weighted by molar-refractivity contribution is -0.137. The summed E-state index contributed by atoms with van der Waals surface area (Å²) in [6.45, 7) is 2.81. The smallest absolute Gasteiger partial charge is 0.330 e. The van der Waals surface area contributed by atoms with Gasteiger partial charge in [0.05, 0.1) is 5.56 Å². The van der Waals surface area contributed by atoms with Crippen molar-refractivity contribution in [3.8, 4) is 11.1 Å². The molecule has 0 aliphatic heterocycles. The van der Waals surface area contributed by atoms with E-state index in [0.29, 0.717) is 0 Å². The standard InChI is InChI=1S/C23H26F3NS/c1-16-22(18-9-11-19(12-10-18)23(24,25)26)20-13-8-17(15-21(20)28-16)7-5-3-2-4-6-14-27/h8-13,15H,2-7,14,27H2,1H3. The number of hydrogen-bond acceptors (Lipinski definition) is 2. The fourth-order valence-electron chi connectivity index (χ4n) is 3.61. The molecule has 0 unspecified atom stereocenters. The van der Waals surface area contributed by atoms with Crippen LogP contribution in [0.3, 0.4) is 0 Å². The fourth-order valence-corrected chi connectivity index (χ4v) is 4.76. The Labute approximate surface area is 168 Å². The molecule has 28 heavy (non-hydrogen) atoms. The second-order valence-electron chi connectivity index (χ2n) is 7.25. The minimum atomic E-state index is -4.30. The first-order chi connectivity index (χ1) is 13.4. The van der Waals surface area contributed by atoms with Crippen molar-refractivity contribution in [1.29, 1.82) is 0 Å². The first kappa shape index (κ1) is 20.9. The second kappa shape index (κ2) is 9.10. The number of thiophene rings is 1. The Morgan fingerprint density at radius 2 is 1.57 bits per heavy atom. The lowest BCUT2D eigenvalue weighted by Crippen LogP contribution is -2.03. The van der Waals surface area contributed by atoms with Crippen molar-refractivity contribution in [1.82, 2.24) is 0 Å². The maximum atomic E-state index is 12.8. The van der Waals surface area contributed by atoms with E-state index in [1.807, 2.05) is 6.92 Å². The van der Waals surface area contributed by atoms with Gasteiger partial charge in [-0.25, -0.2) is 0 Å². The lowest BCUT2D eigenvalue weighted by Gasteiger charge is -2.08. The average molecular weight is 406 g/mol. The van der Waals surface area contributed by atoms with Gasteiger partial charge in [0, 0.05) is 20.5 Å². The van der Waals surface area contributed by atoms with Gasteiger partial charge in [-0.15, -0.1) is 11.3 Å². The Hall–Kier alpha value is -1.85. The number of benzene rings is 2. The largest absolute Gasteiger partial charge is 0.416 e. The number of nitrogens with two attached hydrogens (primary N) is 1. The van der Waals surface area contributed by atoms with E-state index < -0.39 is 11.7 Å². The van der Waals surface area contributed by atoms with Gasteiger partial charge >= 0.3 is 6.18 Å². The van der Waals surface area contributed by atoms with Gasteiger partial charge in [-0.1, -0.05) is 43.5 Å². The molecule has 3 rings (SSSR count). The first-order valence-electron chi connectivity index (χ1n) is 9.80. The topological polar surface area (TPSA) is 26.0 Å². The van der Waals surface area contributed by atoms with Crippen LogP contribution >= 0.6 is 11.3 Å². The van der Waals surface area contributed by atoms with E-state index in [9.17, 15) is 13.2 Å². The van der Waals surface area contributed by atoms with Gasteiger partial charge < -0.3 is 5.73 Å². The van der Waals surface area contributed by atoms with Gasteiger partial charge in [0.15, 0.2) is 0 Å². The van der Waals surface area contributed by atoms with Gasteiger partial charge in [0.1, 0.15) is 0 Å². The van der Waals surface area contributed by atoms with Gasteiger partial charge in [0.25, 0.3) is 0 Å². The number of halogens is 3. The van der Waals surface area contributed by atoms with Crippen molar-refractivity contribution in [3.05, 3.63) is 58.5 Å². The normalized spacial score (nSPS) is 12.0. The van der Waals surface area contributed by atoms with Gasteiger partial charge in [-0.2, -0.15) is 13.2 Å². The molecule has 0 atom stereocenters. The van der Waals surface area contributed by atoms with E-state index in [2.05, 4.69) is 18.2 Å². The van der Waals surface area contributed by atoms with Crippen LogP contribution in [-0.2, 0) is 12.6 Å². The van der Waals surface area contributed by atoms with Crippen LogP contribution in [0.4, 0.5) is 13.2 Å². The number of hydrogen-bond donors (Lipinski definition) is 1. The predicted molar refractivity (Wildman–Crippen MR) is 113 cm³/mol. The third-order valence-corrected chi connectivity index (χ3v) is 6.17. The molecular weight excluding hydrogens is 379 g/mol. The number of rotatable bonds is 8. The molecule has 150 valence electrons. The number of fused-ring (bicyclic) bond motifs is 1. The number of alkyl halides is 3. The molecule has 0 spiro atoms. The molecule has 2 aromatic carbocycles. The maximum absolute atomic E-state index is 12.8. The van der Waals surface area contributed by atoms with Crippen molar-refractivity contribution in [3.63, 3.8) is 0 Å². The summed E-state index contributed by atoms with van der Waals surface area (Å²) in [5.74, 6) is 0. The summed E-state index contributed by atoms with van der Waals surface area (Å²) in [7, 11) is 0. The molecule has 0 saturated heterocycles. The second-order valence-corrected chi connectivity index (χ2v) is 8.50. The van der Waals surface area contributed by atoms with Crippen LogP contribution in [0.5, 0.6) is 0 Å². The summed E-state index contributed by atoms with van der Waals surface area (Å²) in [6, 6.07) is 12.0. The van der Waals surface area contributed by atoms with Crippen molar-refractivity contribution >= 4 is 21.4 Å². The Bertz CT molecular complexity index is 910. The Balaban J connectivity index is 1.75. The zero-order valence-corrected chi connectivity index (χ0v) is 16.9. The SMILES string of the molecule is Cc1sc2cc(CCCCCCCN)ccc2c1-c1ccc(C(F)(F)F)cc1. The van der Waals surface area contributed by atoms with Crippen LogP contribution in [0, 0.1) is 6.92 Å². The monoisotopic (exact) mass is 405 g/mol. The molecule has 1 nitrogen and oxygen atoms in total. The summed E-state index contributed by atoms with van der Waals surface area (Å²) in [5.41, 5.74) is 8.12. The third kappa shape index (κ3) is 4.95. The fraction of sp³-hybridized carbons (Fsp3) is 0.391. The highest BCUT2D eigenvalue weighted by molar-refractivity contribution is 7.19. The summed E-state index contributed by atoms with van der Waals surface area (Å²) >= 11 is 1.71. The van der Waals surface area contributed by atoms with Crippen molar-refractivity contribution in [2.45, 2.75) is 51.6 Å². The summed E-state index contributed by atoms with van der Waals surface area (Å²) in [4.78, 5) is 1.13. The molecule has 3 aromatic rings. The van der Waals surface area contributed by atoms with E-state index in [1.54, 1.807) is 23.5 Å². The summed E-state index contributed by atoms with van der Waals surface area (Å²) < 4.78 is 39.7. The maximum Gasteiger partial charge on any atom is 0.416 e. The zero-order chi connectivity index (χ0) is 20.1. The lowest BCUT2D eigenvalue weighted by atomic mass is 9.99. The van der Waals surface area contributed by atoms with Crippen LogP contribution in [-0.4, -0.2) is 6.54 Å². The molecule has 0 aliphatic rings. The van der Waals surface area contributed by atoms with E-state index in [4.69, 9.17) is 5.73 Å². The molecule has 1 aromatic heterocycles. The molecule has 0 bridgehead atoms. The first-order valence-corrected chi connectivity index (χ1v) is 10.6.